The standard InChI is InChI=1S/C26H28N4O5S/c1-16(2)30(25(33)19-7-4-17(3)5-8-19)13-24(32)29-26-28-20(14-36-26)11-23(31)27-12-18-6-9-21-22(10-18)35-15-34-21/h4-10,14,16H,11-13,15H2,1-3H3,(H,27,31)(H,28,29,32). The average molecular weight is 509 g/mol. The second-order valence-electron chi connectivity index (χ2n) is 8.73. The Bertz CT molecular complexity index is 1260. The number of amides is 3. The number of aryl methyl sites for hydroxylation is 1. The molecule has 9 nitrogen and oxygen atoms in total. The van der Waals surface area contributed by atoms with E-state index < -0.39 is 0 Å². The van der Waals surface area contributed by atoms with Gasteiger partial charge in [0.1, 0.15) is 6.54 Å². The summed E-state index contributed by atoms with van der Waals surface area (Å²) in [5.74, 6) is 0.610. The van der Waals surface area contributed by atoms with Crippen LogP contribution in [0.25, 0.3) is 0 Å². The first-order valence-electron chi connectivity index (χ1n) is 11.6. The predicted octanol–water partition coefficient (Wildman–Crippen LogP) is 3.53. The van der Waals surface area contributed by atoms with Gasteiger partial charge >= 0.3 is 0 Å². The third-order valence-corrected chi connectivity index (χ3v) is 6.37. The molecule has 0 unspecified atom stereocenters. The van der Waals surface area contributed by atoms with Crippen molar-refractivity contribution >= 4 is 34.2 Å². The van der Waals surface area contributed by atoms with Gasteiger partial charge in [-0.15, -0.1) is 11.3 Å². The van der Waals surface area contributed by atoms with E-state index in [1.807, 2.05) is 51.1 Å². The fraction of sp³-hybridized carbons (Fsp3) is 0.308. The number of hydrogen-bond acceptors (Lipinski definition) is 7. The molecule has 1 aromatic heterocycles. The summed E-state index contributed by atoms with van der Waals surface area (Å²) in [4.78, 5) is 43.8. The number of carbonyl (C=O) groups excluding carboxylic acids is 3. The summed E-state index contributed by atoms with van der Waals surface area (Å²) in [7, 11) is 0. The molecule has 0 radical (unpaired) electrons. The Labute approximate surface area is 213 Å². The summed E-state index contributed by atoms with van der Waals surface area (Å²) in [6.07, 6.45) is 0.0843. The Balaban J connectivity index is 1.27. The molecule has 0 atom stereocenters. The minimum absolute atomic E-state index is 0.0843. The molecule has 36 heavy (non-hydrogen) atoms. The highest BCUT2D eigenvalue weighted by Crippen LogP contribution is 2.32. The first-order chi connectivity index (χ1) is 17.3. The lowest BCUT2D eigenvalue weighted by Gasteiger charge is -2.26. The molecule has 0 spiro atoms. The summed E-state index contributed by atoms with van der Waals surface area (Å²) >= 11 is 1.23. The average Bonchev–Trinajstić information content (AvgIpc) is 3.50. The van der Waals surface area contributed by atoms with Gasteiger partial charge in [0.15, 0.2) is 16.6 Å². The van der Waals surface area contributed by atoms with Crippen molar-refractivity contribution in [2.45, 2.75) is 39.8 Å². The number of carbonyl (C=O) groups is 3. The van der Waals surface area contributed by atoms with E-state index in [1.165, 1.54) is 16.2 Å². The molecule has 0 saturated heterocycles. The molecule has 0 saturated carbocycles. The zero-order chi connectivity index (χ0) is 25.7. The lowest BCUT2D eigenvalue weighted by Crippen LogP contribution is -2.42. The summed E-state index contributed by atoms with van der Waals surface area (Å²) in [5.41, 5.74) is 3.04. The van der Waals surface area contributed by atoms with Crippen LogP contribution in [0, 0.1) is 6.92 Å². The highest BCUT2D eigenvalue weighted by Gasteiger charge is 2.22. The molecule has 0 fully saturated rings. The van der Waals surface area contributed by atoms with Gasteiger partial charge in [-0.05, 0) is 50.6 Å². The van der Waals surface area contributed by atoms with E-state index in [0.29, 0.717) is 34.4 Å². The minimum atomic E-state index is -0.350. The van der Waals surface area contributed by atoms with Gasteiger partial charge in [0.25, 0.3) is 5.91 Å². The van der Waals surface area contributed by atoms with E-state index in [1.54, 1.807) is 17.5 Å². The highest BCUT2D eigenvalue weighted by molar-refractivity contribution is 7.13. The number of rotatable bonds is 9. The number of aromatic nitrogens is 1. The number of ether oxygens (including phenoxy) is 2. The van der Waals surface area contributed by atoms with Crippen molar-refractivity contribution in [1.29, 1.82) is 0 Å². The quantitative estimate of drug-likeness (QED) is 0.458. The number of nitrogens with one attached hydrogen (secondary N) is 2. The van der Waals surface area contributed by atoms with Crippen LogP contribution >= 0.6 is 11.3 Å². The Morgan fingerprint density at radius 3 is 2.56 bits per heavy atom. The molecule has 10 heteroatoms. The fourth-order valence-electron chi connectivity index (χ4n) is 3.59. The monoisotopic (exact) mass is 508 g/mol. The van der Waals surface area contributed by atoms with Crippen molar-refractivity contribution in [2.75, 3.05) is 18.7 Å². The number of thiazole rings is 1. The van der Waals surface area contributed by atoms with E-state index >= 15 is 0 Å². The minimum Gasteiger partial charge on any atom is -0.454 e. The Morgan fingerprint density at radius 1 is 1.06 bits per heavy atom. The first-order valence-corrected chi connectivity index (χ1v) is 12.4. The summed E-state index contributed by atoms with van der Waals surface area (Å²) in [6, 6.07) is 12.6. The Hall–Kier alpha value is -3.92. The molecule has 0 aliphatic carbocycles. The van der Waals surface area contributed by atoms with Crippen LogP contribution in [-0.4, -0.2) is 47.0 Å². The van der Waals surface area contributed by atoms with Crippen LogP contribution in [0.15, 0.2) is 47.8 Å². The van der Waals surface area contributed by atoms with Crippen LogP contribution in [0.3, 0.4) is 0 Å². The molecule has 2 heterocycles. The Kier molecular flexibility index (Phi) is 7.84. The normalized spacial score (nSPS) is 11.9. The molecule has 4 rings (SSSR count). The van der Waals surface area contributed by atoms with Crippen molar-refractivity contribution in [3.05, 3.63) is 70.2 Å². The maximum absolute atomic E-state index is 12.9. The molecule has 0 bridgehead atoms. The fourth-order valence-corrected chi connectivity index (χ4v) is 4.31. The van der Waals surface area contributed by atoms with Crippen LogP contribution in [-0.2, 0) is 22.6 Å². The van der Waals surface area contributed by atoms with Crippen molar-refractivity contribution in [2.24, 2.45) is 0 Å². The number of anilines is 1. The lowest BCUT2D eigenvalue weighted by atomic mass is 10.1. The maximum atomic E-state index is 12.9. The topological polar surface area (TPSA) is 110 Å². The SMILES string of the molecule is Cc1ccc(C(=O)N(CC(=O)Nc2nc(CC(=O)NCc3ccc4c(c3)OCO4)cs2)C(C)C)cc1. The molecule has 3 amide bonds. The Morgan fingerprint density at radius 2 is 1.81 bits per heavy atom. The van der Waals surface area contributed by atoms with Gasteiger partial charge in [0.2, 0.25) is 18.6 Å². The van der Waals surface area contributed by atoms with Gasteiger partial charge in [0.05, 0.1) is 12.1 Å². The van der Waals surface area contributed by atoms with Crippen LogP contribution in [0.5, 0.6) is 11.5 Å². The van der Waals surface area contributed by atoms with Crippen molar-refractivity contribution < 1.29 is 23.9 Å². The van der Waals surface area contributed by atoms with Crippen molar-refractivity contribution in [1.82, 2.24) is 15.2 Å². The molecule has 2 aromatic carbocycles. The lowest BCUT2D eigenvalue weighted by molar-refractivity contribution is -0.120. The number of benzene rings is 2. The van der Waals surface area contributed by atoms with Gasteiger partial charge in [-0.2, -0.15) is 0 Å². The molecular weight excluding hydrogens is 480 g/mol. The van der Waals surface area contributed by atoms with Crippen LogP contribution in [0.1, 0.15) is 41.0 Å². The van der Waals surface area contributed by atoms with Gasteiger partial charge < -0.3 is 25.0 Å². The highest BCUT2D eigenvalue weighted by atomic mass is 32.1. The van der Waals surface area contributed by atoms with E-state index in [2.05, 4.69) is 15.6 Å². The third-order valence-electron chi connectivity index (χ3n) is 5.56. The summed E-state index contributed by atoms with van der Waals surface area (Å²) in [6.45, 7) is 6.13. The van der Waals surface area contributed by atoms with E-state index in [0.717, 1.165) is 11.1 Å². The molecule has 1 aliphatic heterocycles. The maximum Gasteiger partial charge on any atom is 0.254 e. The molecule has 2 N–H and O–H groups in total. The second kappa shape index (κ2) is 11.2. The number of fused-ring (bicyclic) bond motifs is 1. The zero-order valence-corrected chi connectivity index (χ0v) is 21.2. The molecule has 3 aromatic rings. The predicted molar refractivity (Wildman–Crippen MR) is 136 cm³/mol. The van der Waals surface area contributed by atoms with Crippen LogP contribution in [0.2, 0.25) is 0 Å². The first kappa shape index (κ1) is 25.2. The summed E-state index contributed by atoms with van der Waals surface area (Å²) < 4.78 is 10.6. The zero-order valence-electron chi connectivity index (χ0n) is 20.4. The van der Waals surface area contributed by atoms with E-state index in [-0.39, 0.29) is 43.5 Å². The van der Waals surface area contributed by atoms with Gasteiger partial charge in [-0.3, -0.25) is 14.4 Å². The number of hydrogen-bond donors (Lipinski definition) is 2. The van der Waals surface area contributed by atoms with Gasteiger partial charge in [0, 0.05) is 23.5 Å². The molecular formula is C26H28N4O5S. The third kappa shape index (κ3) is 6.39. The van der Waals surface area contributed by atoms with Gasteiger partial charge in [-0.1, -0.05) is 23.8 Å². The van der Waals surface area contributed by atoms with E-state index in [4.69, 9.17) is 9.47 Å². The van der Waals surface area contributed by atoms with Crippen molar-refractivity contribution in [3.63, 3.8) is 0 Å². The smallest absolute Gasteiger partial charge is 0.254 e. The second-order valence-corrected chi connectivity index (χ2v) is 9.58. The van der Waals surface area contributed by atoms with Crippen LogP contribution < -0.4 is 20.1 Å². The van der Waals surface area contributed by atoms with Crippen LogP contribution in [0.4, 0.5) is 5.13 Å². The van der Waals surface area contributed by atoms with Gasteiger partial charge in [-0.25, -0.2) is 4.98 Å². The van der Waals surface area contributed by atoms with Crippen molar-refractivity contribution in [3.8, 4) is 11.5 Å². The molecule has 188 valence electrons. The number of nitrogens with zero attached hydrogens (tertiary/aromatic N) is 2. The largest absolute Gasteiger partial charge is 0.454 e. The molecule has 1 aliphatic rings. The summed E-state index contributed by atoms with van der Waals surface area (Å²) in [5, 5.41) is 7.70. The van der Waals surface area contributed by atoms with E-state index in [9.17, 15) is 14.4 Å².